The fourth-order valence-electron chi connectivity index (χ4n) is 2.49. The van der Waals surface area contributed by atoms with Gasteiger partial charge in [0.05, 0.1) is 19.7 Å². The van der Waals surface area contributed by atoms with E-state index >= 15 is 0 Å². The number of aromatic nitrogens is 1. The van der Waals surface area contributed by atoms with E-state index in [0.29, 0.717) is 22.4 Å². The van der Waals surface area contributed by atoms with Gasteiger partial charge in [0.2, 0.25) is 0 Å². The molecular weight excluding hydrogens is 336 g/mol. The third kappa shape index (κ3) is 3.41. The molecule has 7 heteroatoms. The zero-order valence-corrected chi connectivity index (χ0v) is 14.1. The van der Waals surface area contributed by atoms with Gasteiger partial charge in [0, 0.05) is 17.0 Å². The molecule has 0 bridgehead atoms. The van der Waals surface area contributed by atoms with Crippen LogP contribution >= 0.6 is 0 Å². The molecule has 132 valence electrons. The molecular formula is C19H16N2O5. The highest BCUT2D eigenvalue weighted by Gasteiger charge is 2.17. The van der Waals surface area contributed by atoms with Crippen molar-refractivity contribution >= 4 is 28.6 Å². The van der Waals surface area contributed by atoms with E-state index in [4.69, 9.17) is 9.47 Å². The second-order valence-corrected chi connectivity index (χ2v) is 5.44. The van der Waals surface area contributed by atoms with E-state index in [-0.39, 0.29) is 16.9 Å². The first kappa shape index (κ1) is 17.2. The van der Waals surface area contributed by atoms with Gasteiger partial charge in [0.25, 0.3) is 5.91 Å². The summed E-state index contributed by atoms with van der Waals surface area (Å²) < 4.78 is 10.3. The van der Waals surface area contributed by atoms with Crippen LogP contribution in [-0.4, -0.2) is 36.2 Å². The van der Waals surface area contributed by atoms with Crippen molar-refractivity contribution in [3.05, 3.63) is 59.7 Å². The van der Waals surface area contributed by atoms with E-state index in [1.165, 1.54) is 32.4 Å². The quantitative estimate of drug-likeness (QED) is 0.732. The van der Waals surface area contributed by atoms with E-state index in [0.717, 1.165) is 0 Å². The van der Waals surface area contributed by atoms with Crippen LogP contribution in [0.4, 0.5) is 5.82 Å². The summed E-state index contributed by atoms with van der Waals surface area (Å²) in [4.78, 5) is 28.4. The second kappa shape index (κ2) is 7.10. The molecule has 2 N–H and O–H groups in total. The van der Waals surface area contributed by atoms with Crippen molar-refractivity contribution in [3.8, 4) is 11.5 Å². The summed E-state index contributed by atoms with van der Waals surface area (Å²) in [6.07, 6.45) is 0. The number of hydrogen-bond acceptors (Lipinski definition) is 5. The number of para-hydroxylation sites is 1. The van der Waals surface area contributed by atoms with Crippen molar-refractivity contribution in [1.82, 2.24) is 4.98 Å². The van der Waals surface area contributed by atoms with Gasteiger partial charge in [-0.1, -0.05) is 18.2 Å². The zero-order valence-electron chi connectivity index (χ0n) is 14.1. The van der Waals surface area contributed by atoms with Gasteiger partial charge in [-0.25, -0.2) is 9.78 Å². The molecule has 1 amide bonds. The van der Waals surface area contributed by atoms with E-state index < -0.39 is 11.9 Å². The summed E-state index contributed by atoms with van der Waals surface area (Å²) in [5.41, 5.74) is 0.746. The Morgan fingerprint density at radius 2 is 1.65 bits per heavy atom. The van der Waals surface area contributed by atoms with Crippen molar-refractivity contribution in [2.24, 2.45) is 0 Å². The fourth-order valence-corrected chi connectivity index (χ4v) is 2.49. The molecule has 3 aromatic rings. The minimum absolute atomic E-state index is 0.0250. The number of amides is 1. The van der Waals surface area contributed by atoms with Crippen LogP contribution in [0.3, 0.4) is 0 Å². The highest BCUT2D eigenvalue weighted by atomic mass is 16.5. The standard InChI is InChI=1S/C19H16N2O5/c1-25-13-7-12(8-14(10-13)26-2)18(22)21-17-15(19(23)24)9-11-5-3-4-6-16(11)20-17/h3-10H,1-2H3,(H,23,24)(H,20,21,22). The van der Waals surface area contributed by atoms with Gasteiger partial charge >= 0.3 is 5.97 Å². The summed E-state index contributed by atoms with van der Waals surface area (Å²) in [5, 5.41) is 12.7. The largest absolute Gasteiger partial charge is 0.497 e. The summed E-state index contributed by atoms with van der Waals surface area (Å²) in [6.45, 7) is 0. The lowest BCUT2D eigenvalue weighted by Crippen LogP contribution is -2.16. The molecule has 0 spiro atoms. The Hall–Kier alpha value is -3.61. The number of hydrogen-bond donors (Lipinski definition) is 2. The number of nitrogens with zero attached hydrogens (tertiary/aromatic N) is 1. The molecule has 0 unspecified atom stereocenters. The maximum atomic E-state index is 12.6. The number of methoxy groups -OCH3 is 2. The lowest BCUT2D eigenvalue weighted by atomic mass is 10.1. The summed E-state index contributed by atoms with van der Waals surface area (Å²) >= 11 is 0. The maximum absolute atomic E-state index is 12.6. The van der Waals surface area contributed by atoms with Crippen molar-refractivity contribution < 1.29 is 24.2 Å². The number of carbonyl (C=O) groups is 2. The van der Waals surface area contributed by atoms with Gasteiger partial charge in [0.1, 0.15) is 22.9 Å². The molecule has 0 atom stereocenters. The molecule has 0 fully saturated rings. The minimum Gasteiger partial charge on any atom is -0.497 e. The van der Waals surface area contributed by atoms with Gasteiger partial charge in [-0.05, 0) is 24.3 Å². The molecule has 0 aliphatic rings. The Balaban J connectivity index is 2.01. The van der Waals surface area contributed by atoms with Crippen LogP contribution < -0.4 is 14.8 Å². The monoisotopic (exact) mass is 352 g/mol. The van der Waals surface area contributed by atoms with Crippen LogP contribution in [-0.2, 0) is 0 Å². The molecule has 0 aliphatic carbocycles. The number of carboxylic acids is 1. The molecule has 0 radical (unpaired) electrons. The van der Waals surface area contributed by atoms with Crippen molar-refractivity contribution in [1.29, 1.82) is 0 Å². The number of pyridine rings is 1. The van der Waals surface area contributed by atoms with Gasteiger partial charge in [0.15, 0.2) is 0 Å². The number of carbonyl (C=O) groups excluding carboxylic acids is 1. The maximum Gasteiger partial charge on any atom is 0.339 e. The average molecular weight is 352 g/mol. The molecule has 1 aromatic heterocycles. The third-order valence-electron chi connectivity index (χ3n) is 3.80. The fraction of sp³-hybridized carbons (Fsp3) is 0.105. The van der Waals surface area contributed by atoms with E-state index in [1.54, 1.807) is 30.3 Å². The van der Waals surface area contributed by atoms with Gasteiger partial charge < -0.3 is 19.9 Å². The SMILES string of the molecule is COc1cc(OC)cc(C(=O)Nc2nc3ccccc3cc2C(=O)O)c1. The smallest absolute Gasteiger partial charge is 0.339 e. The van der Waals surface area contributed by atoms with E-state index in [1.807, 2.05) is 0 Å². The predicted molar refractivity (Wildman–Crippen MR) is 96.2 cm³/mol. The zero-order chi connectivity index (χ0) is 18.7. The van der Waals surface area contributed by atoms with E-state index in [2.05, 4.69) is 10.3 Å². The number of carboxylic acid groups (broad SMARTS) is 1. The molecule has 3 rings (SSSR count). The first-order valence-corrected chi connectivity index (χ1v) is 7.69. The van der Waals surface area contributed by atoms with Crippen LogP contribution in [0, 0.1) is 0 Å². The van der Waals surface area contributed by atoms with Gasteiger partial charge in [-0.15, -0.1) is 0 Å². The Bertz CT molecular complexity index is 978. The first-order valence-electron chi connectivity index (χ1n) is 7.69. The van der Waals surface area contributed by atoms with Crippen LogP contribution in [0.25, 0.3) is 10.9 Å². The Kier molecular flexibility index (Phi) is 4.70. The number of anilines is 1. The Morgan fingerprint density at radius 3 is 2.27 bits per heavy atom. The molecule has 0 saturated carbocycles. The molecule has 0 saturated heterocycles. The highest BCUT2D eigenvalue weighted by Crippen LogP contribution is 2.25. The van der Waals surface area contributed by atoms with Crippen LogP contribution in [0.5, 0.6) is 11.5 Å². The summed E-state index contributed by atoms with van der Waals surface area (Å²) in [6, 6.07) is 13.2. The number of benzene rings is 2. The normalized spacial score (nSPS) is 10.4. The van der Waals surface area contributed by atoms with Crippen LogP contribution in [0.15, 0.2) is 48.5 Å². The molecule has 0 aliphatic heterocycles. The van der Waals surface area contributed by atoms with Crippen LogP contribution in [0.1, 0.15) is 20.7 Å². The number of rotatable bonds is 5. The minimum atomic E-state index is -1.18. The number of aromatic carboxylic acids is 1. The topological polar surface area (TPSA) is 97.8 Å². The van der Waals surface area contributed by atoms with Gasteiger partial charge in [-0.2, -0.15) is 0 Å². The Morgan fingerprint density at radius 1 is 1.00 bits per heavy atom. The lowest BCUT2D eigenvalue weighted by Gasteiger charge is -2.11. The second-order valence-electron chi connectivity index (χ2n) is 5.44. The van der Waals surface area contributed by atoms with E-state index in [9.17, 15) is 14.7 Å². The first-order chi connectivity index (χ1) is 12.5. The average Bonchev–Trinajstić information content (AvgIpc) is 2.66. The highest BCUT2D eigenvalue weighted by molar-refractivity contribution is 6.08. The third-order valence-corrected chi connectivity index (χ3v) is 3.80. The van der Waals surface area contributed by atoms with Crippen molar-refractivity contribution in [3.63, 3.8) is 0 Å². The molecule has 7 nitrogen and oxygen atoms in total. The van der Waals surface area contributed by atoms with Crippen LogP contribution in [0.2, 0.25) is 0 Å². The van der Waals surface area contributed by atoms with Crippen molar-refractivity contribution in [2.45, 2.75) is 0 Å². The lowest BCUT2D eigenvalue weighted by molar-refractivity contribution is 0.0698. The number of ether oxygens (including phenoxy) is 2. The molecule has 26 heavy (non-hydrogen) atoms. The molecule has 2 aromatic carbocycles. The van der Waals surface area contributed by atoms with Gasteiger partial charge in [-0.3, -0.25) is 4.79 Å². The summed E-state index contributed by atoms with van der Waals surface area (Å²) in [5.74, 6) is -0.837. The predicted octanol–water partition coefficient (Wildman–Crippen LogP) is 3.20. The number of fused-ring (bicyclic) bond motifs is 1. The Labute approximate surface area is 149 Å². The van der Waals surface area contributed by atoms with Crippen molar-refractivity contribution in [2.75, 3.05) is 19.5 Å². The summed E-state index contributed by atoms with van der Waals surface area (Å²) in [7, 11) is 2.95. The molecule has 1 heterocycles. The number of nitrogens with one attached hydrogen (secondary N) is 1.